The number of rotatable bonds is 6. The predicted octanol–water partition coefficient (Wildman–Crippen LogP) is 7.53. The maximum atomic E-state index is 13.3. The molecule has 9 heterocycles. The monoisotopic (exact) mass is 889 g/mol. The van der Waals surface area contributed by atoms with Gasteiger partial charge in [-0.25, -0.2) is 29.9 Å². The molecule has 1 atom stereocenters. The molecule has 0 radical (unpaired) electrons. The zero-order valence-electron chi connectivity index (χ0n) is 34.0. The van der Waals surface area contributed by atoms with Crippen LogP contribution in [-0.4, -0.2) is 86.5 Å². The Morgan fingerprint density at radius 2 is 1.25 bits per heavy atom. The van der Waals surface area contributed by atoms with Gasteiger partial charge in [0, 0.05) is 71.5 Å². The molecule has 7 aromatic heterocycles. The first kappa shape index (κ1) is 41.1. The van der Waals surface area contributed by atoms with Crippen LogP contribution < -0.4 is 21.3 Å². The highest BCUT2D eigenvalue weighted by Gasteiger charge is 2.46. The number of anilines is 2. The van der Waals surface area contributed by atoms with E-state index < -0.39 is 11.9 Å². The number of aromatic nitrogens is 11. The molecule has 0 unspecified atom stereocenters. The summed E-state index contributed by atoms with van der Waals surface area (Å²) in [5, 5.41) is 2.11. The Balaban J connectivity index is 0.000000153. The van der Waals surface area contributed by atoms with Crippen molar-refractivity contribution in [2.45, 2.75) is 76.6 Å². The summed E-state index contributed by atoms with van der Waals surface area (Å²) >= 11 is 2.41. The number of H-pyrrole nitrogens is 2. The van der Waals surface area contributed by atoms with Crippen molar-refractivity contribution in [3.63, 3.8) is 0 Å². The minimum atomic E-state index is -4.55. The maximum Gasteiger partial charge on any atom is 0.434 e. The third-order valence-corrected chi connectivity index (χ3v) is 14.1. The first-order chi connectivity index (χ1) is 30.4. The number of nitrogens with one attached hydrogen (secondary N) is 2. The lowest BCUT2D eigenvalue weighted by molar-refractivity contribution is -0.143. The molecule has 63 heavy (non-hydrogen) atoms. The van der Waals surface area contributed by atoms with Crippen molar-refractivity contribution in [1.29, 1.82) is 0 Å². The van der Waals surface area contributed by atoms with E-state index in [0.29, 0.717) is 33.6 Å². The minimum Gasteiger partial charge on any atom is -0.342 e. The minimum absolute atomic E-state index is 0.0281. The van der Waals surface area contributed by atoms with E-state index >= 15 is 0 Å². The number of hydrogen-bond acceptors (Lipinski definition) is 15. The van der Waals surface area contributed by atoms with Crippen LogP contribution in [0.25, 0.3) is 33.6 Å². The van der Waals surface area contributed by atoms with Crippen LogP contribution in [-0.2, 0) is 12.6 Å². The number of nitrogens with two attached hydrogens (primary N) is 2. The Kier molecular flexibility index (Phi) is 10.6. The largest absolute Gasteiger partial charge is 0.434 e. The molecule has 2 fully saturated rings. The summed E-state index contributed by atoms with van der Waals surface area (Å²) in [7, 11) is 0. The second kappa shape index (κ2) is 16.3. The van der Waals surface area contributed by atoms with Gasteiger partial charge in [-0.15, -0.1) is 0 Å². The first-order valence-corrected chi connectivity index (χ1v) is 22.2. The van der Waals surface area contributed by atoms with Gasteiger partial charge in [0.05, 0.1) is 12.4 Å². The molecule has 8 aromatic rings. The standard InChI is InChI=1S/C24H22F3N7S.C19H20N8S/c25-24(26,27)19-16(6-3-9-29-19)35-17-13-30-20-21(31-17)33-22(32-20)34-10-7-23(8-11-34)12-14-4-1-2-5-15(14)18(23)28;1-19(20)5-9-27(10-6-19)18-25-16-17(26-18)24-14(11-23-16)28-13-4-8-22-15-12(13)3-2-7-21-15/h1-6,9,13,18H,7-8,10-12,28H2,(H,30,31,32,33);2-4,7-8,11H,5-6,9-10,20H2,1H3,(H,23,24,25,26)/t18-;/m1./s1. The van der Waals surface area contributed by atoms with Crippen molar-refractivity contribution in [3.8, 4) is 0 Å². The van der Waals surface area contributed by atoms with Gasteiger partial charge in [0.25, 0.3) is 0 Å². The van der Waals surface area contributed by atoms with E-state index in [1.54, 1.807) is 18.6 Å². The third kappa shape index (κ3) is 8.34. The van der Waals surface area contributed by atoms with Gasteiger partial charge < -0.3 is 31.2 Å². The van der Waals surface area contributed by atoms with Gasteiger partial charge >= 0.3 is 6.18 Å². The molecule has 3 aliphatic rings. The van der Waals surface area contributed by atoms with E-state index in [2.05, 4.69) is 89.7 Å². The number of halogens is 3. The smallest absolute Gasteiger partial charge is 0.342 e. The summed E-state index contributed by atoms with van der Waals surface area (Å²) in [5.74, 6) is 1.48. The van der Waals surface area contributed by atoms with Crippen LogP contribution in [0.3, 0.4) is 0 Å². The number of hydrogen-bond donors (Lipinski definition) is 4. The molecule has 0 saturated carbocycles. The lowest BCUT2D eigenvalue weighted by atomic mass is 9.73. The average molecular weight is 890 g/mol. The number of aromatic amines is 2. The molecular formula is C43H42F3N15S2. The molecule has 2 saturated heterocycles. The van der Waals surface area contributed by atoms with Gasteiger partial charge in [-0.1, -0.05) is 47.8 Å². The maximum absolute atomic E-state index is 13.3. The Bertz CT molecular complexity index is 2930. The van der Waals surface area contributed by atoms with Gasteiger partial charge in [-0.3, -0.25) is 4.98 Å². The topological polar surface area (TPSA) is 206 Å². The lowest BCUT2D eigenvalue weighted by Gasteiger charge is -2.42. The Morgan fingerprint density at radius 3 is 1.90 bits per heavy atom. The van der Waals surface area contributed by atoms with E-state index in [4.69, 9.17) is 11.5 Å². The summed E-state index contributed by atoms with van der Waals surface area (Å²) in [6.07, 6.45) is 8.07. The van der Waals surface area contributed by atoms with Gasteiger partial charge in [-0.05, 0) is 85.9 Å². The highest BCUT2D eigenvalue weighted by molar-refractivity contribution is 7.99. The van der Waals surface area contributed by atoms with Crippen LogP contribution >= 0.6 is 23.5 Å². The number of imidazole rings is 2. The number of fused-ring (bicyclic) bond motifs is 4. The molecule has 0 bridgehead atoms. The molecule has 0 amide bonds. The van der Waals surface area contributed by atoms with Crippen LogP contribution in [0.5, 0.6) is 0 Å². The molecule has 15 nitrogen and oxygen atoms in total. The van der Waals surface area contributed by atoms with Crippen molar-refractivity contribution in [2.75, 3.05) is 36.0 Å². The van der Waals surface area contributed by atoms with Crippen LogP contribution in [0.15, 0.2) is 105 Å². The molecular weight excluding hydrogens is 848 g/mol. The first-order valence-electron chi connectivity index (χ1n) is 20.6. The molecule has 6 N–H and O–H groups in total. The SMILES string of the molecule is CC1(N)CCN(c2nc3nc(Sc4ccnc5ncccc45)cnc3[nH]2)CC1.N[C@@H]1c2ccccc2CC12CCN(c1nc3nc(Sc4cccnc4C(F)(F)F)cnc3[nH]1)CC2. The van der Waals surface area contributed by atoms with Gasteiger partial charge in [0.1, 0.15) is 10.1 Å². The molecule has 322 valence electrons. The molecule has 1 spiro atoms. The number of piperidine rings is 2. The van der Waals surface area contributed by atoms with E-state index in [1.165, 1.54) is 41.2 Å². The zero-order valence-corrected chi connectivity index (χ0v) is 35.7. The van der Waals surface area contributed by atoms with Crippen molar-refractivity contribution in [3.05, 3.63) is 102 Å². The van der Waals surface area contributed by atoms with Crippen molar-refractivity contribution in [1.82, 2.24) is 54.8 Å². The van der Waals surface area contributed by atoms with E-state index in [9.17, 15) is 13.2 Å². The summed E-state index contributed by atoms with van der Waals surface area (Å²) in [5.41, 5.74) is 17.4. The molecule has 20 heteroatoms. The van der Waals surface area contributed by atoms with Crippen molar-refractivity contribution in [2.24, 2.45) is 16.9 Å². The van der Waals surface area contributed by atoms with Crippen LogP contribution in [0.4, 0.5) is 25.1 Å². The van der Waals surface area contributed by atoms with E-state index in [0.717, 1.165) is 103 Å². The number of benzene rings is 1. The number of alkyl halides is 3. The number of pyridine rings is 3. The Morgan fingerprint density at radius 1 is 0.667 bits per heavy atom. The van der Waals surface area contributed by atoms with E-state index in [-0.39, 0.29) is 21.9 Å². The quantitative estimate of drug-likeness (QED) is 0.127. The van der Waals surface area contributed by atoms with E-state index in [1.807, 2.05) is 24.3 Å². The lowest BCUT2D eigenvalue weighted by Crippen LogP contribution is -2.48. The van der Waals surface area contributed by atoms with Crippen molar-refractivity contribution >= 4 is 69.0 Å². The Hall–Kier alpha value is -5.96. The highest BCUT2D eigenvalue weighted by atomic mass is 32.2. The number of nitrogens with zero attached hydrogens (tertiary/aromatic N) is 11. The van der Waals surface area contributed by atoms with Crippen LogP contribution in [0.2, 0.25) is 0 Å². The fraction of sp³-hybridized carbons (Fsp3) is 0.326. The summed E-state index contributed by atoms with van der Waals surface area (Å²) in [4.78, 5) is 51.2. The van der Waals surface area contributed by atoms with Crippen molar-refractivity contribution < 1.29 is 13.2 Å². The van der Waals surface area contributed by atoms with Gasteiger partial charge in [0.2, 0.25) is 11.9 Å². The van der Waals surface area contributed by atoms with Crippen LogP contribution in [0, 0.1) is 5.41 Å². The fourth-order valence-corrected chi connectivity index (χ4v) is 10.3. The molecule has 11 rings (SSSR count). The molecule has 1 aromatic carbocycles. The summed E-state index contributed by atoms with van der Waals surface area (Å²) < 4.78 is 39.8. The van der Waals surface area contributed by atoms with Gasteiger partial charge in [0.15, 0.2) is 33.9 Å². The van der Waals surface area contributed by atoms with Crippen LogP contribution in [0.1, 0.15) is 55.5 Å². The molecule has 1 aliphatic carbocycles. The second-order valence-corrected chi connectivity index (χ2v) is 18.6. The zero-order chi connectivity index (χ0) is 43.3. The predicted molar refractivity (Wildman–Crippen MR) is 235 cm³/mol. The second-order valence-electron chi connectivity index (χ2n) is 16.5. The van der Waals surface area contributed by atoms with Gasteiger partial charge in [-0.2, -0.15) is 23.1 Å². The fourth-order valence-electron chi connectivity index (χ4n) is 8.58. The molecule has 2 aliphatic heterocycles. The Labute approximate surface area is 367 Å². The average Bonchev–Trinajstić information content (AvgIpc) is 3.98. The highest BCUT2D eigenvalue weighted by Crippen LogP contribution is 2.51. The third-order valence-electron chi connectivity index (χ3n) is 12.1. The summed E-state index contributed by atoms with van der Waals surface area (Å²) in [6.45, 7) is 5.46. The summed E-state index contributed by atoms with van der Waals surface area (Å²) in [6, 6.07) is 17.2. The normalized spacial score (nSPS) is 18.2.